The summed E-state index contributed by atoms with van der Waals surface area (Å²) in [4.78, 5) is 27.9. The fourth-order valence-corrected chi connectivity index (χ4v) is 4.53. The number of anilines is 1. The van der Waals surface area contributed by atoms with Gasteiger partial charge in [-0.3, -0.25) is 14.5 Å². The van der Waals surface area contributed by atoms with Gasteiger partial charge in [-0.25, -0.2) is 0 Å². The predicted molar refractivity (Wildman–Crippen MR) is 143 cm³/mol. The molecule has 1 N–H and O–H groups in total. The molecule has 5 rings (SSSR count). The molecule has 0 spiro atoms. The summed E-state index contributed by atoms with van der Waals surface area (Å²) < 4.78 is 17.1. The standard InChI is InChI=1S/C31H27NO6/c1-3-36-24-14-12-23(13-15-24)32-28(26-10-7-17-37-26)27(30(34)31(32)35)29(33)22-11-16-25(20(2)18-22)38-19-21-8-5-4-6-9-21/h4-18,28,33H,3,19H2,1-2H3/b29-27-. The molecule has 0 saturated carbocycles. The van der Waals surface area contributed by atoms with Crippen molar-refractivity contribution in [2.45, 2.75) is 26.5 Å². The van der Waals surface area contributed by atoms with Gasteiger partial charge in [-0.2, -0.15) is 0 Å². The number of nitrogens with zero attached hydrogens (tertiary/aromatic N) is 1. The molecule has 1 amide bonds. The zero-order chi connectivity index (χ0) is 26.6. The molecule has 0 radical (unpaired) electrons. The molecule has 192 valence electrons. The van der Waals surface area contributed by atoms with Crippen molar-refractivity contribution in [3.8, 4) is 11.5 Å². The minimum Gasteiger partial charge on any atom is -0.507 e. The summed E-state index contributed by atoms with van der Waals surface area (Å²) >= 11 is 0. The van der Waals surface area contributed by atoms with Gasteiger partial charge < -0.3 is 19.0 Å². The number of benzene rings is 3. The van der Waals surface area contributed by atoms with Gasteiger partial charge in [0.2, 0.25) is 0 Å². The van der Waals surface area contributed by atoms with Crippen molar-refractivity contribution in [3.05, 3.63) is 119 Å². The lowest BCUT2D eigenvalue weighted by Crippen LogP contribution is -2.29. The number of aliphatic hydroxyl groups is 1. The second-order valence-corrected chi connectivity index (χ2v) is 8.87. The Morgan fingerprint density at radius 1 is 0.947 bits per heavy atom. The van der Waals surface area contributed by atoms with Crippen LogP contribution in [-0.4, -0.2) is 23.4 Å². The average Bonchev–Trinajstić information content (AvgIpc) is 3.55. The zero-order valence-corrected chi connectivity index (χ0v) is 21.1. The number of hydrogen-bond acceptors (Lipinski definition) is 6. The number of carbonyl (C=O) groups is 2. The van der Waals surface area contributed by atoms with Gasteiger partial charge in [0.05, 0.1) is 18.4 Å². The van der Waals surface area contributed by atoms with Crippen LogP contribution in [0.3, 0.4) is 0 Å². The van der Waals surface area contributed by atoms with Crippen LogP contribution in [0.25, 0.3) is 5.76 Å². The van der Waals surface area contributed by atoms with Gasteiger partial charge in [0.25, 0.3) is 11.7 Å². The summed E-state index contributed by atoms with van der Waals surface area (Å²) in [6.45, 7) is 4.65. The quantitative estimate of drug-likeness (QED) is 0.173. The van der Waals surface area contributed by atoms with Crippen LogP contribution in [0.15, 0.2) is 101 Å². The van der Waals surface area contributed by atoms with Gasteiger partial charge in [-0.15, -0.1) is 0 Å². The van der Waals surface area contributed by atoms with Gasteiger partial charge in [0.15, 0.2) is 0 Å². The van der Waals surface area contributed by atoms with Crippen LogP contribution >= 0.6 is 0 Å². The van der Waals surface area contributed by atoms with Crippen molar-refractivity contribution in [3.63, 3.8) is 0 Å². The molecule has 1 aliphatic heterocycles. The highest BCUT2D eigenvalue weighted by atomic mass is 16.5. The molecule has 3 aromatic carbocycles. The van der Waals surface area contributed by atoms with E-state index in [1.165, 1.54) is 11.2 Å². The Balaban J connectivity index is 1.50. The average molecular weight is 510 g/mol. The maximum Gasteiger partial charge on any atom is 0.300 e. The zero-order valence-electron chi connectivity index (χ0n) is 21.1. The van der Waals surface area contributed by atoms with Crippen molar-refractivity contribution in [2.24, 2.45) is 0 Å². The smallest absolute Gasteiger partial charge is 0.300 e. The number of carbonyl (C=O) groups excluding carboxylic acids is 2. The highest BCUT2D eigenvalue weighted by molar-refractivity contribution is 6.51. The molecule has 1 fully saturated rings. The Morgan fingerprint density at radius 2 is 1.71 bits per heavy atom. The summed E-state index contributed by atoms with van der Waals surface area (Å²) in [5.41, 5.74) is 2.65. The van der Waals surface area contributed by atoms with Crippen LogP contribution in [0.4, 0.5) is 5.69 Å². The molecule has 4 aromatic rings. The Bertz CT molecular complexity index is 1470. The summed E-state index contributed by atoms with van der Waals surface area (Å²) in [7, 11) is 0. The molecule has 7 nitrogen and oxygen atoms in total. The first kappa shape index (κ1) is 24.9. The van der Waals surface area contributed by atoms with Gasteiger partial charge >= 0.3 is 0 Å². The number of aryl methyl sites for hydroxylation is 1. The summed E-state index contributed by atoms with van der Waals surface area (Å²) in [6, 6.07) is 24.3. The number of ketones is 1. The highest BCUT2D eigenvalue weighted by Crippen LogP contribution is 2.43. The number of Topliss-reactive ketones (excluding diaryl/α,β-unsaturated/α-hetero) is 1. The molecule has 1 saturated heterocycles. The summed E-state index contributed by atoms with van der Waals surface area (Å²) in [5, 5.41) is 11.4. The molecule has 1 aliphatic rings. The van der Waals surface area contributed by atoms with E-state index in [0.29, 0.717) is 41.7 Å². The molecular formula is C31H27NO6. The first-order valence-electron chi connectivity index (χ1n) is 12.3. The van der Waals surface area contributed by atoms with Crippen molar-refractivity contribution >= 4 is 23.1 Å². The van der Waals surface area contributed by atoms with Gasteiger partial charge in [0.1, 0.15) is 35.7 Å². The van der Waals surface area contributed by atoms with E-state index in [1.807, 2.05) is 44.2 Å². The maximum absolute atomic E-state index is 13.3. The van der Waals surface area contributed by atoms with E-state index in [4.69, 9.17) is 13.9 Å². The summed E-state index contributed by atoms with van der Waals surface area (Å²) in [6.07, 6.45) is 1.47. The maximum atomic E-state index is 13.3. The number of aliphatic hydroxyl groups excluding tert-OH is 1. The topological polar surface area (TPSA) is 89.2 Å². The van der Waals surface area contributed by atoms with Crippen LogP contribution < -0.4 is 14.4 Å². The summed E-state index contributed by atoms with van der Waals surface area (Å²) in [5.74, 6) is -0.165. The largest absolute Gasteiger partial charge is 0.507 e. The third-order valence-corrected chi connectivity index (χ3v) is 6.37. The fourth-order valence-electron chi connectivity index (χ4n) is 4.53. The van der Waals surface area contributed by atoms with E-state index in [1.54, 1.807) is 54.6 Å². The lowest BCUT2D eigenvalue weighted by molar-refractivity contribution is -0.132. The molecule has 38 heavy (non-hydrogen) atoms. The van der Waals surface area contributed by atoms with Crippen LogP contribution in [-0.2, 0) is 16.2 Å². The van der Waals surface area contributed by atoms with E-state index in [0.717, 1.165) is 11.1 Å². The molecule has 1 unspecified atom stereocenters. The second-order valence-electron chi connectivity index (χ2n) is 8.87. The molecule has 0 aliphatic carbocycles. The molecule has 2 heterocycles. The van der Waals surface area contributed by atoms with E-state index in [2.05, 4.69) is 0 Å². The van der Waals surface area contributed by atoms with Crippen molar-refractivity contribution in [1.29, 1.82) is 0 Å². The normalized spacial score (nSPS) is 16.6. The molecule has 7 heteroatoms. The first-order chi connectivity index (χ1) is 18.5. The Hall–Kier alpha value is -4.78. The second kappa shape index (κ2) is 10.7. The minimum atomic E-state index is -0.933. The third kappa shape index (κ3) is 4.78. The van der Waals surface area contributed by atoms with E-state index in [-0.39, 0.29) is 11.3 Å². The lowest BCUT2D eigenvalue weighted by atomic mass is 9.98. The lowest BCUT2D eigenvalue weighted by Gasteiger charge is -2.23. The van der Waals surface area contributed by atoms with Gasteiger partial charge in [0, 0.05) is 11.3 Å². The minimum absolute atomic E-state index is 0.0452. The fraction of sp³-hybridized carbons (Fsp3) is 0.161. The Morgan fingerprint density at radius 3 is 2.37 bits per heavy atom. The van der Waals surface area contributed by atoms with Gasteiger partial charge in [-0.1, -0.05) is 30.3 Å². The molecule has 1 atom stereocenters. The predicted octanol–water partition coefficient (Wildman–Crippen LogP) is 6.19. The van der Waals surface area contributed by atoms with Crippen LogP contribution in [0.1, 0.15) is 35.4 Å². The van der Waals surface area contributed by atoms with E-state index >= 15 is 0 Å². The van der Waals surface area contributed by atoms with Crippen molar-refractivity contribution < 1.29 is 28.6 Å². The van der Waals surface area contributed by atoms with E-state index < -0.39 is 17.7 Å². The number of hydrogen-bond donors (Lipinski definition) is 1. The number of amides is 1. The number of ether oxygens (including phenoxy) is 2. The number of rotatable bonds is 8. The SMILES string of the molecule is CCOc1ccc(N2C(=O)C(=O)/C(=C(\O)c3ccc(OCc4ccccc4)c(C)c3)C2c2ccco2)cc1. The highest BCUT2D eigenvalue weighted by Gasteiger charge is 2.48. The Kier molecular flexibility index (Phi) is 7.00. The van der Waals surface area contributed by atoms with E-state index in [9.17, 15) is 14.7 Å². The molecule has 0 bridgehead atoms. The van der Waals surface area contributed by atoms with Crippen LogP contribution in [0.2, 0.25) is 0 Å². The van der Waals surface area contributed by atoms with Crippen molar-refractivity contribution in [2.75, 3.05) is 11.5 Å². The van der Waals surface area contributed by atoms with Crippen molar-refractivity contribution in [1.82, 2.24) is 0 Å². The number of furan rings is 1. The Labute approximate surface area is 220 Å². The first-order valence-corrected chi connectivity index (χ1v) is 12.3. The monoisotopic (exact) mass is 509 g/mol. The van der Waals surface area contributed by atoms with Gasteiger partial charge in [-0.05, 0) is 79.6 Å². The van der Waals surface area contributed by atoms with Crippen LogP contribution in [0, 0.1) is 6.92 Å². The molecular weight excluding hydrogens is 482 g/mol. The van der Waals surface area contributed by atoms with Crippen LogP contribution in [0.5, 0.6) is 11.5 Å². The molecule has 1 aromatic heterocycles. The third-order valence-electron chi connectivity index (χ3n) is 6.37.